The Labute approximate surface area is 189 Å². The van der Waals surface area contributed by atoms with Crippen LogP contribution >= 0.6 is 23.1 Å². The Kier molecular flexibility index (Phi) is 6.83. The summed E-state index contributed by atoms with van der Waals surface area (Å²) in [6.45, 7) is 3.76. The highest BCUT2D eigenvalue weighted by Crippen LogP contribution is 2.33. The summed E-state index contributed by atoms with van der Waals surface area (Å²) in [5.41, 5.74) is 3.02. The fourth-order valence-corrected chi connectivity index (χ4v) is 4.28. The molecule has 9 heteroatoms. The fourth-order valence-electron chi connectivity index (χ4n) is 3.05. The quantitative estimate of drug-likeness (QED) is 0.342. The number of ether oxygens (including phenoxy) is 1. The number of thiazole rings is 1. The second kappa shape index (κ2) is 9.93. The molecule has 4 aromatic rings. The van der Waals surface area contributed by atoms with E-state index in [2.05, 4.69) is 44.6 Å². The van der Waals surface area contributed by atoms with E-state index in [0.717, 1.165) is 44.5 Å². The number of fused-ring (bicyclic) bond motifs is 1. The van der Waals surface area contributed by atoms with Gasteiger partial charge in [0.1, 0.15) is 0 Å². The maximum absolute atomic E-state index is 5.40. The molecule has 3 aromatic heterocycles. The number of methoxy groups -OCH3 is 1. The lowest BCUT2D eigenvalue weighted by Gasteiger charge is -2.13. The minimum absolute atomic E-state index is 0.381. The van der Waals surface area contributed by atoms with E-state index in [4.69, 9.17) is 9.72 Å². The van der Waals surface area contributed by atoms with Gasteiger partial charge in [-0.15, -0.1) is 11.8 Å². The van der Waals surface area contributed by atoms with Crippen LogP contribution < -0.4 is 15.4 Å². The molecular formula is C22H24N6OS2. The monoisotopic (exact) mass is 452 g/mol. The number of anilines is 2. The van der Waals surface area contributed by atoms with Gasteiger partial charge in [-0.25, -0.2) is 19.9 Å². The summed E-state index contributed by atoms with van der Waals surface area (Å²) in [7, 11) is 1.64. The maximum Gasteiger partial charge on any atom is 0.222 e. The smallest absolute Gasteiger partial charge is 0.222 e. The minimum atomic E-state index is 0.381. The molecule has 0 amide bonds. The first kappa shape index (κ1) is 21.3. The van der Waals surface area contributed by atoms with Crippen molar-refractivity contribution >= 4 is 44.4 Å². The first-order valence-electron chi connectivity index (χ1n) is 9.90. The third-order valence-electron chi connectivity index (χ3n) is 4.74. The van der Waals surface area contributed by atoms with Crippen LogP contribution in [0.1, 0.15) is 6.92 Å². The number of pyridine rings is 1. The number of aromatic nitrogens is 4. The van der Waals surface area contributed by atoms with Gasteiger partial charge >= 0.3 is 0 Å². The molecule has 0 aliphatic heterocycles. The summed E-state index contributed by atoms with van der Waals surface area (Å²) in [6.07, 6.45) is 7.41. The van der Waals surface area contributed by atoms with Crippen LogP contribution in [-0.4, -0.2) is 46.4 Å². The Bertz CT molecular complexity index is 1150. The summed E-state index contributed by atoms with van der Waals surface area (Å²) in [6, 6.07) is 10.2. The zero-order chi connectivity index (χ0) is 21.6. The Morgan fingerprint density at radius 3 is 2.68 bits per heavy atom. The summed E-state index contributed by atoms with van der Waals surface area (Å²) in [4.78, 5) is 18.7. The molecule has 0 saturated heterocycles. The van der Waals surface area contributed by atoms with E-state index in [9.17, 15) is 0 Å². The van der Waals surface area contributed by atoms with Gasteiger partial charge < -0.3 is 15.4 Å². The number of rotatable bonds is 9. The van der Waals surface area contributed by atoms with Crippen molar-refractivity contribution in [1.82, 2.24) is 19.9 Å². The van der Waals surface area contributed by atoms with E-state index >= 15 is 0 Å². The molecule has 1 atom stereocenters. The largest absolute Gasteiger partial charge is 0.481 e. The second-order valence-corrected chi connectivity index (χ2v) is 8.99. The Balaban J connectivity index is 1.37. The second-order valence-electron chi connectivity index (χ2n) is 7.08. The van der Waals surface area contributed by atoms with E-state index in [0.29, 0.717) is 17.7 Å². The molecule has 0 aliphatic rings. The number of thioether (sulfide) groups is 1. The molecule has 4 rings (SSSR count). The molecule has 0 aliphatic carbocycles. The van der Waals surface area contributed by atoms with E-state index in [1.165, 1.54) is 0 Å². The van der Waals surface area contributed by atoms with Gasteiger partial charge in [0.2, 0.25) is 11.8 Å². The molecule has 7 nitrogen and oxygen atoms in total. The summed E-state index contributed by atoms with van der Waals surface area (Å²) >= 11 is 3.28. The average molecular weight is 453 g/mol. The van der Waals surface area contributed by atoms with Gasteiger partial charge in [-0.05, 0) is 42.0 Å². The molecule has 2 N–H and O–H groups in total. The van der Waals surface area contributed by atoms with Gasteiger partial charge in [0.05, 0.1) is 17.3 Å². The predicted octanol–water partition coefficient (Wildman–Crippen LogP) is 5.04. The van der Waals surface area contributed by atoms with Crippen molar-refractivity contribution in [2.75, 3.05) is 37.1 Å². The van der Waals surface area contributed by atoms with Crippen LogP contribution in [0.4, 0.5) is 11.1 Å². The molecule has 1 unspecified atom stereocenters. The molecular weight excluding hydrogens is 428 g/mol. The summed E-state index contributed by atoms with van der Waals surface area (Å²) in [5.74, 6) is 1.66. The van der Waals surface area contributed by atoms with Crippen LogP contribution in [0.2, 0.25) is 0 Å². The third-order valence-corrected chi connectivity index (χ3v) is 6.40. The number of hydrogen-bond acceptors (Lipinski definition) is 9. The number of nitrogens with zero attached hydrogens (tertiary/aromatic N) is 4. The van der Waals surface area contributed by atoms with Crippen molar-refractivity contribution < 1.29 is 4.74 Å². The first-order valence-corrected chi connectivity index (χ1v) is 11.9. The number of hydrogen-bond donors (Lipinski definition) is 2. The maximum atomic E-state index is 5.40. The van der Waals surface area contributed by atoms with Crippen molar-refractivity contribution in [2.45, 2.75) is 11.8 Å². The molecule has 3 heterocycles. The molecule has 0 saturated carbocycles. The molecule has 0 spiro atoms. The van der Waals surface area contributed by atoms with Crippen LogP contribution in [0.15, 0.2) is 53.8 Å². The van der Waals surface area contributed by atoms with Crippen LogP contribution in [0.25, 0.3) is 21.3 Å². The van der Waals surface area contributed by atoms with Gasteiger partial charge in [0.25, 0.3) is 0 Å². The Morgan fingerprint density at radius 2 is 1.90 bits per heavy atom. The van der Waals surface area contributed by atoms with Gasteiger partial charge in [-0.2, -0.15) is 0 Å². The molecule has 0 fully saturated rings. The topological polar surface area (TPSA) is 84.9 Å². The van der Waals surface area contributed by atoms with Gasteiger partial charge in [0, 0.05) is 42.1 Å². The van der Waals surface area contributed by atoms with Crippen molar-refractivity contribution in [2.24, 2.45) is 5.92 Å². The van der Waals surface area contributed by atoms with Gasteiger partial charge in [-0.1, -0.05) is 24.3 Å². The fraction of sp³-hybridized carbons (Fsp3) is 0.273. The zero-order valence-electron chi connectivity index (χ0n) is 17.6. The van der Waals surface area contributed by atoms with E-state index in [1.807, 2.05) is 36.8 Å². The standard InChI is InChI=1S/C22H24N6OS2/c1-14(10-24-21-25-12-16(30-3)13-26-21)11-27-22-28-18-7-6-15(9-19(18)31-22)17-5-4-8-23-20(17)29-2/h4-9,12-14H,10-11H2,1-3H3,(H,27,28)(H,24,25,26). The van der Waals surface area contributed by atoms with E-state index < -0.39 is 0 Å². The lowest BCUT2D eigenvalue weighted by atomic mass is 10.1. The predicted molar refractivity (Wildman–Crippen MR) is 129 cm³/mol. The Morgan fingerprint density at radius 1 is 1.10 bits per heavy atom. The number of nitrogens with one attached hydrogen (secondary N) is 2. The van der Waals surface area contributed by atoms with Crippen molar-refractivity contribution in [3.05, 3.63) is 48.9 Å². The van der Waals surface area contributed by atoms with Crippen LogP contribution in [0, 0.1) is 5.92 Å². The lowest BCUT2D eigenvalue weighted by Crippen LogP contribution is -2.20. The SMILES string of the molecule is COc1ncccc1-c1ccc2nc(NCC(C)CNc3ncc(SC)cn3)sc2c1. The lowest BCUT2D eigenvalue weighted by molar-refractivity contribution is 0.399. The van der Waals surface area contributed by atoms with Crippen molar-refractivity contribution in [3.63, 3.8) is 0 Å². The molecule has 0 bridgehead atoms. The molecule has 31 heavy (non-hydrogen) atoms. The van der Waals surface area contributed by atoms with Gasteiger partial charge in [0.15, 0.2) is 5.13 Å². The molecule has 1 aromatic carbocycles. The third kappa shape index (κ3) is 5.23. The number of benzene rings is 1. The summed E-state index contributed by atoms with van der Waals surface area (Å²) < 4.78 is 6.52. The highest BCUT2D eigenvalue weighted by atomic mass is 32.2. The van der Waals surface area contributed by atoms with Crippen molar-refractivity contribution in [3.8, 4) is 17.0 Å². The van der Waals surface area contributed by atoms with Crippen LogP contribution in [-0.2, 0) is 0 Å². The highest BCUT2D eigenvalue weighted by Gasteiger charge is 2.11. The molecule has 0 radical (unpaired) electrons. The average Bonchev–Trinajstić information content (AvgIpc) is 3.24. The van der Waals surface area contributed by atoms with Crippen LogP contribution in [0.3, 0.4) is 0 Å². The summed E-state index contributed by atoms with van der Waals surface area (Å²) in [5, 5.41) is 7.66. The normalized spacial score (nSPS) is 12.0. The highest BCUT2D eigenvalue weighted by molar-refractivity contribution is 7.98. The minimum Gasteiger partial charge on any atom is -0.481 e. The van der Waals surface area contributed by atoms with Gasteiger partial charge in [-0.3, -0.25) is 0 Å². The first-order chi connectivity index (χ1) is 15.2. The Hall–Kier alpha value is -2.91. The van der Waals surface area contributed by atoms with E-state index in [1.54, 1.807) is 36.4 Å². The molecule has 160 valence electrons. The van der Waals surface area contributed by atoms with E-state index in [-0.39, 0.29) is 0 Å². The van der Waals surface area contributed by atoms with Crippen LogP contribution in [0.5, 0.6) is 5.88 Å². The van der Waals surface area contributed by atoms with Crippen molar-refractivity contribution in [1.29, 1.82) is 0 Å². The zero-order valence-corrected chi connectivity index (χ0v) is 19.3.